The summed E-state index contributed by atoms with van der Waals surface area (Å²) in [4.78, 5) is 33.4. The third-order valence-corrected chi connectivity index (χ3v) is 9.59. The van der Waals surface area contributed by atoms with Crippen LogP contribution in [0.4, 0.5) is 0 Å². The Morgan fingerprint density at radius 3 is 1.49 bits per heavy atom. The lowest BCUT2D eigenvalue weighted by Gasteiger charge is -2.20. The van der Waals surface area contributed by atoms with E-state index < -0.39 is 45.1 Å². The van der Waals surface area contributed by atoms with Crippen molar-refractivity contribution in [2.24, 2.45) is 5.73 Å². The van der Waals surface area contributed by atoms with Gasteiger partial charge in [-0.2, -0.15) is 0 Å². The summed E-state index contributed by atoms with van der Waals surface area (Å²) in [6.07, 6.45) is 34.9. The Hall–Kier alpha value is -1.45. The van der Waals surface area contributed by atoms with Crippen LogP contribution in [0.25, 0.3) is 0 Å². The Bertz CT molecular complexity index is 842. The average Bonchev–Trinajstić information content (AvgIpc) is 3.07. The number of carbonyl (C=O) groups is 2. The quantitative estimate of drug-likeness (QED) is 0.0243. The number of esters is 1. The van der Waals surface area contributed by atoms with Crippen molar-refractivity contribution in [1.82, 2.24) is 0 Å². The van der Waals surface area contributed by atoms with Crippen LogP contribution in [-0.4, -0.2) is 53.9 Å². The molecule has 290 valence electrons. The van der Waals surface area contributed by atoms with Gasteiger partial charge in [0.25, 0.3) is 0 Å². The van der Waals surface area contributed by atoms with E-state index in [1.54, 1.807) is 6.26 Å². The maximum Gasteiger partial charge on any atom is 0.472 e. The minimum Gasteiger partial charge on any atom is -0.498 e. The zero-order valence-electron chi connectivity index (χ0n) is 31.3. The third-order valence-electron chi connectivity index (χ3n) is 8.64. The van der Waals surface area contributed by atoms with E-state index in [9.17, 15) is 19.0 Å². The maximum atomic E-state index is 12.5. The normalized spacial score (nSPS) is 14.1. The number of carbonyl (C=O) groups excluding carboxylic acids is 1. The number of phosphoric acid groups is 1. The summed E-state index contributed by atoms with van der Waals surface area (Å²) in [7, 11) is -4.62. The van der Waals surface area contributed by atoms with Gasteiger partial charge < -0.3 is 25.2 Å². The Balaban J connectivity index is 4.32. The first-order chi connectivity index (χ1) is 23.7. The largest absolute Gasteiger partial charge is 0.498 e. The van der Waals surface area contributed by atoms with Crippen LogP contribution in [0.2, 0.25) is 0 Å². The minimum absolute atomic E-state index is 0.0616. The van der Waals surface area contributed by atoms with Crippen LogP contribution in [0.5, 0.6) is 0 Å². The molecule has 0 aromatic carbocycles. The number of unbranched alkanes of at least 4 members (excludes halogenated alkanes) is 24. The van der Waals surface area contributed by atoms with Gasteiger partial charge in [0.15, 0.2) is 6.10 Å². The highest BCUT2D eigenvalue weighted by Gasteiger charge is 2.27. The molecule has 0 saturated carbocycles. The first-order valence-electron chi connectivity index (χ1n) is 19.8. The van der Waals surface area contributed by atoms with Crippen molar-refractivity contribution < 1.29 is 42.7 Å². The number of rotatable bonds is 38. The highest BCUT2D eigenvalue weighted by molar-refractivity contribution is 7.47. The molecule has 10 nitrogen and oxygen atoms in total. The van der Waals surface area contributed by atoms with Crippen molar-refractivity contribution in [3.8, 4) is 0 Å². The summed E-state index contributed by atoms with van der Waals surface area (Å²) in [6, 6.07) is -1.48. The Morgan fingerprint density at radius 2 is 1.04 bits per heavy atom. The molecule has 0 aliphatic carbocycles. The van der Waals surface area contributed by atoms with E-state index in [0.29, 0.717) is 6.42 Å². The molecule has 0 amide bonds. The molecule has 0 aromatic rings. The van der Waals surface area contributed by atoms with Gasteiger partial charge >= 0.3 is 19.8 Å². The molecule has 0 bridgehead atoms. The molecular weight excluding hydrogens is 645 g/mol. The molecule has 0 fully saturated rings. The summed E-state index contributed by atoms with van der Waals surface area (Å²) in [5, 5.41) is 8.86. The van der Waals surface area contributed by atoms with Crippen molar-refractivity contribution in [2.75, 3.05) is 19.8 Å². The fourth-order valence-corrected chi connectivity index (χ4v) is 6.29. The molecule has 1 unspecified atom stereocenters. The van der Waals surface area contributed by atoms with Crippen molar-refractivity contribution in [2.45, 2.75) is 199 Å². The molecule has 0 aliphatic heterocycles. The van der Waals surface area contributed by atoms with Crippen molar-refractivity contribution in [1.29, 1.82) is 0 Å². The highest BCUT2D eigenvalue weighted by atomic mass is 31.2. The van der Waals surface area contributed by atoms with Crippen LogP contribution in [0.3, 0.4) is 0 Å². The molecule has 49 heavy (non-hydrogen) atoms. The van der Waals surface area contributed by atoms with Crippen molar-refractivity contribution in [3.05, 3.63) is 12.3 Å². The minimum atomic E-state index is -4.62. The molecule has 0 saturated heterocycles. The lowest BCUT2D eigenvalue weighted by Crippen LogP contribution is -2.34. The second kappa shape index (κ2) is 35.0. The Labute approximate surface area is 299 Å². The van der Waals surface area contributed by atoms with Gasteiger partial charge in [-0.25, -0.2) is 4.57 Å². The monoisotopic (exact) mass is 720 g/mol. The van der Waals surface area contributed by atoms with E-state index in [4.69, 9.17) is 24.8 Å². The van der Waals surface area contributed by atoms with Gasteiger partial charge in [0, 0.05) is 6.42 Å². The second-order valence-electron chi connectivity index (χ2n) is 13.5. The summed E-state index contributed by atoms with van der Waals surface area (Å²) in [5.74, 6) is -1.80. The topological polar surface area (TPSA) is 155 Å². The SMILES string of the molecule is CCCCCCCCCCCCCC/C=C\OC[C@H](COP(=O)(O)OC[C@H](N)C(=O)O)OC(=O)CCCCCCCCCCCCCCC. The molecule has 3 atom stereocenters. The highest BCUT2D eigenvalue weighted by Crippen LogP contribution is 2.43. The molecule has 0 spiro atoms. The van der Waals surface area contributed by atoms with Crippen LogP contribution in [0.15, 0.2) is 12.3 Å². The van der Waals surface area contributed by atoms with Gasteiger partial charge in [-0.1, -0.05) is 162 Å². The van der Waals surface area contributed by atoms with E-state index in [2.05, 4.69) is 18.4 Å². The molecule has 0 rings (SSSR count). The van der Waals surface area contributed by atoms with Crippen LogP contribution in [-0.2, 0) is 32.7 Å². The summed E-state index contributed by atoms with van der Waals surface area (Å²) >= 11 is 0. The molecule has 11 heteroatoms. The number of hydrogen-bond acceptors (Lipinski definition) is 8. The Kier molecular flexibility index (Phi) is 33.9. The van der Waals surface area contributed by atoms with E-state index in [1.165, 1.54) is 128 Å². The van der Waals surface area contributed by atoms with Crippen molar-refractivity contribution >= 4 is 19.8 Å². The van der Waals surface area contributed by atoms with Gasteiger partial charge in [0.05, 0.1) is 19.5 Å². The lowest BCUT2D eigenvalue weighted by atomic mass is 10.0. The lowest BCUT2D eigenvalue weighted by molar-refractivity contribution is -0.153. The fourth-order valence-electron chi connectivity index (χ4n) is 5.51. The number of phosphoric ester groups is 1. The first kappa shape index (κ1) is 47.5. The van der Waals surface area contributed by atoms with Crippen molar-refractivity contribution in [3.63, 3.8) is 0 Å². The van der Waals surface area contributed by atoms with Gasteiger partial charge in [-0.3, -0.25) is 18.6 Å². The predicted octanol–water partition coefficient (Wildman–Crippen LogP) is 10.5. The fraction of sp³-hybridized carbons (Fsp3) is 0.895. The first-order valence-corrected chi connectivity index (χ1v) is 21.3. The standard InChI is InChI=1S/C38H74NO9P/c1-3-5-7-9-11-13-15-17-19-21-23-25-27-29-31-45-32-35(33-46-49(43,44)47-34-36(39)38(41)42)48-37(40)30-28-26-24-22-20-18-16-14-12-10-8-6-4-2/h29,31,35-36H,3-28,30,32-34,39H2,1-2H3,(H,41,42)(H,43,44)/b31-29-/t35-,36+/m1/s1. The Morgan fingerprint density at radius 1 is 0.633 bits per heavy atom. The summed E-state index contributed by atoms with van der Waals surface area (Å²) in [5.41, 5.74) is 5.33. The average molecular weight is 720 g/mol. The number of ether oxygens (including phenoxy) is 2. The molecular formula is C38H74NO9P. The molecule has 0 radical (unpaired) electrons. The number of aliphatic carboxylic acids is 1. The van der Waals surface area contributed by atoms with Crippen LogP contribution < -0.4 is 5.73 Å². The van der Waals surface area contributed by atoms with E-state index in [-0.39, 0.29) is 13.0 Å². The number of nitrogens with two attached hydrogens (primary N) is 1. The number of carboxylic acids is 1. The third kappa shape index (κ3) is 34.8. The van der Waals surface area contributed by atoms with E-state index in [0.717, 1.165) is 32.1 Å². The zero-order valence-corrected chi connectivity index (χ0v) is 32.2. The summed E-state index contributed by atoms with van der Waals surface area (Å²) in [6.45, 7) is 3.27. The maximum absolute atomic E-state index is 12.5. The van der Waals surface area contributed by atoms with Gasteiger partial charge in [-0.05, 0) is 25.3 Å². The number of hydrogen-bond donors (Lipinski definition) is 3. The molecule has 0 heterocycles. The van der Waals surface area contributed by atoms with Crippen LogP contribution in [0, 0.1) is 0 Å². The second-order valence-corrected chi connectivity index (χ2v) is 14.9. The van der Waals surface area contributed by atoms with Gasteiger partial charge in [-0.15, -0.1) is 0 Å². The van der Waals surface area contributed by atoms with Gasteiger partial charge in [0.2, 0.25) is 0 Å². The molecule has 0 aliphatic rings. The zero-order chi connectivity index (χ0) is 36.3. The molecule has 4 N–H and O–H groups in total. The van der Waals surface area contributed by atoms with E-state index in [1.807, 2.05) is 6.08 Å². The number of carboxylic acid groups (broad SMARTS) is 1. The predicted molar refractivity (Wildman–Crippen MR) is 198 cm³/mol. The smallest absolute Gasteiger partial charge is 0.472 e. The summed E-state index contributed by atoms with van der Waals surface area (Å²) < 4.78 is 33.0. The number of allylic oxidation sites excluding steroid dienone is 1. The van der Waals surface area contributed by atoms with Crippen LogP contribution >= 0.6 is 7.82 Å². The van der Waals surface area contributed by atoms with Crippen LogP contribution in [0.1, 0.15) is 187 Å². The van der Waals surface area contributed by atoms with E-state index >= 15 is 0 Å². The van der Waals surface area contributed by atoms with Gasteiger partial charge in [0.1, 0.15) is 12.6 Å². The molecule has 0 aromatic heterocycles.